The van der Waals surface area contributed by atoms with Gasteiger partial charge >= 0.3 is 39.5 Å². The first-order valence-corrected chi connectivity index (χ1v) is 42.7. The molecule has 0 heterocycles. The van der Waals surface area contributed by atoms with E-state index in [0.29, 0.717) is 25.7 Å². The molecule has 0 aliphatic heterocycles. The number of hydrogen-bond donors (Lipinski definition) is 3. The zero-order valence-corrected chi connectivity index (χ0v) is 64.8. The second kappa shape index (κ2) is 66.3. The van der Waals surface area contributed by atoms with Gasteiger partial charge in [0.05, 0.1) is 26.4 Å². The van der Waals surface area contributed by atoms with E-state index in [0.717, 1.165) is 120 Å². The number of unbranched alkanes of at least 4 members (excludes halogenated alkanes) is 39. The molecule has 0 fully saturated rings. The highest BCUT2D eigenvalue weighted by molar-refractivity contribution is 7.47. The van der Waals surface area contributed by atoms with E-state index in [1.807, 2.05) is 0 Å². The predicted molar refractivity (Wildman–Crippen MR) is 391 cm³/mol. The van der Waals surface area contributed by atoms with Crippen molar-refractivity contribution in [3.63, 3.8) is 0 Å². The third-order valence-corrected chi connectivity index (χ3v) is 20.1. The minimum Gasteiger partial charge on any atom is -0.462 e. The Morgan fingerprint density at radius 3 is 0.740 bits per heavy atom. The number of aliphatic hydroxyl groups excluding tert-OH is 1. The Hall–Kier alpha value is -1.94. The van der Waals surface area contributed by atoms with Crippen molar-refractivity contribution in [2.24, 2.45) is 23.7 Å². The van der Waals surface area contributed by atoms with E-state index in [1.165, 1.54) is 186 Å². The first-order chi connectivity index (χ1) is 46.1. The summed E-state index contributed by atoms with van der Waals surface area (Å²) in [4.78, 5) is 72.8. The molecule has 0 saturated heterocycles. The fraction of sp³-hybridized carbons (Fsp3) is 0.948. The SMILES string of the molecule is CCC(C)CCCCCCCCC(=O)OC[C@H](COP(=O)(O)OC[C@H](O)COP(=O)(O)OC[C@@H](COC(=O)CCCCCCCCCCCCCCCCCCC(C)C)OC(=O)CCCCCCCCCCCCC(C)C)OC(=O)CCCCCCCCCCCCCC(C)C. The van der Waals surface area contributed by atoms with E-state index in [4.69, 9.17) is 37.0 Å². The number of phosphoric ester groups is 2. The Kier molecular flexibility index (Phi) is 65.0. The van der Waals surface area contributed by atoms with E-state index in [2.05, 4.69) is 55.4 Å². The smallest absolute Gasteiger partial charge is 0.462 e. The lowest BCUT2D eigenvalue weighted by molar-refractivity contribution is -0.161. The molecule has 17 nitrogen and oxygen atoms in total. The summed E-state index contributed by atoms with van der Waals surface area (Å²) in [6, 6.07) is 0. The van der Waals surface area contributed by atoms with Crippen molar-refractivity contribution in [3.8, 4) is 0 Å². The number of ether oxygens (including phenoxy) is 4. The third-order valence-electron chi connectivity index (χ3n) is 18.2. The summed E-state index contributed by atoms with van der Waals surface area (Å²) < 4.78 is 68.5. The molecule has 0 bridgehead atoms. The largest absolute Gasteiger partial charge is 0.472 e. The maximum atomic E-state index is 13.1. The summed E-state index contributed by atoms with van der Waals surface area (Å²) in [6.07, 6.45) is 51.4. The highest BCUT2D eigenvalue weighted by atomic mass is 31.2. The summed E-state index contributed by atoms with van der Waals surface area (Å²) in [7, 11) is -9.91. The van der Waals surface area contributed by atoms with Gasteiger partial charge in [-0.3, -0.25) is 37.3 Å². The van der Waals surface area contributed by atoms with E-state index in [9.17, 15) is 43.2 Å². The van der Waals surface area contributed by atoms with Crippen LogP contribution in [0.1, 0.15) is 389 Å². The lowest BCUT2D eigenvalue weighted by Crippen LogP contribution is -2.30. The van der Waals surface area contributed by atoms with Gasteiger partial charge in [0, 0.05) is 25.7 Å². The molecule has 0 aromatic carbocycles. The summed E-state index contributed by atoms with van der Waals surface area (Å²) in [5, 5.41) is 10.6. The Balaban J connectivity index is 5.22. The molecule has 0 aromatic heterocycles. The van der Waals surface area contributed by atoms with Crippen LogP contribution in [-0.4, -0.2) is 96.7 Å². The first kappa shape index (κ1) is 94.1. The summed E-state index contributed by atoms with van der Waals surface area (Å²) in [5.41, 5.74) is 0. The Morgan fingerprint density at radius 2 is 0.500 bits per heavy atom. The number of carbonyl (C=O) groups is 4. The van der Waals surface area contributed by atoms with Crippen molar-refractivity contribution in [2.75, 3.05) is 39.6 Å². The van der Waals surface area contributed by atoms with Gasteiger partial charge in [-0.25, -0.2) is 9.13 Å². The van der Waals surface area contributed by atoms with Crippen LogP contribution in [0.3, 0.4) is 0 Å². The van der Waals surface area contributed by atoms with Gasteiger partial charge in [0.1, 0.15) is 19.3 Å². The molecule has 0 aliphatic rings. The van der Waals surface area contributed by atoms with Gasteiger partial charge in [0.25, 0.3) is 0 Å². The lowest BCUT2D eigenvalue weighted by Gasteiger charge is -2.21. The van der Waals surface area contributed by atoms with E-state index >= 15 is 0 Å². The van der Waals surface area contributed by atoms with Gasteiger partial charge in [-0.15, -0.1) is 0 Å². The number of phosphoric acid groups is 2. The van der Waals surface area contributed by atoms with Crippen LogP contribution in [0, 0.1) is 23.7 Å². The first-order valence-electron chi connectivity index (χ1n) is 39.7. The van der Waals surface area contributed by atoms with Crippen molar-refractivity contribution in [1.29, 1.82) is 0 Å². The molecule has 0 radical (unpaired) electrons. The van der Waals surface area contributed by atoms with Crippen LogP contribution in [0.2, 0.25) is 0 Å². The molecular formula is C77H150O17P2. The predicted octanol–water partition coefficient (Wildman–Crippen LogP) is 22.4. The monoisotopic (exact) mass is 1410 g/mol. The van der Waals surface area contributed by atoms with Gasteiger partial charge in [0.15, 0.2) is 12.2 Å². The van der Waals surface area contributed by atoms with Crippen molar-refractivity contribution in [1.82, 2.24) is 0 Å². The molecule has 0 aromatic rings. The van der Waals surface area contributed by atoms with E-state index in [-0.39, 0.29) is 25.7 Å². The van der Waals surface area contributed by atoms with Gasteiger partial charge in [-0.05, 0) is 49.4 Å². The second-order valence-electron chi connectivity index (χ2n) is 29.4. The summed E-state index contributed by atoms with van der Waals surface area (Å²) in [5.74, 6) is 0.940. The molecule has 96 heavy (non-hydrogen) atoms. The average molecular weight is 1410 g/mol. The molecule has 0 rings (SSSR count). The molecule has 570 valence electrons. The van der Waals surface area contributed by atoms with Crippen LogP contribution in [0.25, 0.3) is 0 Å². The second-order valence-corrected chi connectivity index (χ2v) is 32.3. The van der Waals surface area contributed by atoms with Crippen LogP contribution >= 0.6 is 15.6 Å². The molecule has 0 saturated carbocycles. The molecule has 6 atom stereocenters. The maximum absolute atomic E-state index is 13.1. The number of rotatable bonds is 74. The topological polar surface area (TPSA) is 237 Å². The number of esters is 4. The van der Waals surface area contributed by atoms with Gasteiger partial charge < -0.3 is 33.8 Å². The Bertz CT molecular complexity index is 1890. The summed E-state index contributed by atoms with van der Waals surface area (Å²) in [6.45, 7) is 14.2. The lowest BCUT2D eigenvalue weighted by atomic mass is 10.00. The van der Waals surface area contributed by atoms with Crippen LogP contribution in [0.4, 0.5) is 0 Å². The van der Waals surface area contributed by atoms with E-state index in [1.54, 1.807) is 0 Å². The zero-order chi connectivity index (χ0) is 71.0. The molecule has 3 N–H and O–H groups in total. The molecule has 3 unspecified atom stereocenters. The zero-order valence-electron chi connectivity index (χ0n) is 63.0. The van der Waals surface area contributed by atoms with Crippen LogP contribution < -0.4 is 0 Å². The fourth-order valence-electron chi connectivity index (χ4n) is 11.7. The van der Waals surface area contributed by atoms with Crippen LogP contribution in [0.5, 0.6) is 0 Å². The van der Waals surface area contributed by atoms with Crippen molar-refractivity contribution in [3.05, 3.63) is 0 Å². The molecule has 0 spiro atoms. The van der Waals surface area contributed by atoms with Crippen molar-refractivity contribution in [2.45, 2.75) is 408 Å². The molecule has 0 amide bonds. The maximum Gasteiger partial charge on any atom is 0.472 e. The van der Waals surface area contributed by atoms with Crippen LogP contribution in [-0.2, 0) is 65.4 Å². The van der Waals surface area contributed by atoms with Gasteiger partial charge in [0.2, 0.25) is 0 Å². The minimum absolute atomic E-state index is 0.105. The molecular weight excluding hydrogens is 1260 g/mol. The normalized spacial score (nSPS) is 14.4. The summed E-state index contributed by atoms with van der Waals surface area (Å²) >= 11 is 0. The average Bonchev–Trinajstić information content (AvgIpc) is 3.71. The molecule has 0 aliphatic carbocycles. The quantitative estimate of drug-likeness (QED) is 0.0222. The minimum atomic E-state index is -4.96. The number of aliphatic hydroxyl groups is 1. The Morgan fingerprint density at radius 1 is 0.292 bits per heavy atom. The standard InChI is InChI=1S/C77H150O17P2/c1-9-70(8)56-48-40-35-36-42-50-58-75(80)88-64-73(94-76(81)59-51-43-33-27-20-16-18-24-30-38-46-54-68(4)5)66-92-96(85,86)90-62-71(78)61-89-95(83,84)91-65-72(93-77(82)60-52-44-34-28-22-21-25-31-39-47-55-69(6)7)63-87-74(79)57-49-41-32-26-19-15-13-11-10-12-14-17-23-29-37-45-53-67(2)3/h67-73,78H,9-66H2,1-8H3,(H,83,84)(H,85,86)/t70?,71-,72-,73-/m1/s1. The number of hydrogen-bond acceptors (Lipinski definition) is 15. The number of carbonyl (C=O) groups excluding carboxylic acids is 4. The fourth-order valence-corrected chi connectivity index (χ4v) is 13.3. The molecule has 19 heteroatoms. The highest BCUT2D eigenvalue weighted by Crippen LogP contribution is 2.45. The third kappa shape index (κ3) is 69.2. The highest BCUT2D eigenvalue weighted by Gasteiger charge is 2.30. The van der Waals surface area contributed by atoms with Gasteiger partial charge in [-0.2, -0.15) is 0 Å². The van der Waals surface area contributed by atoms with Crippen molar-refractivity contribution >= 4 is 39.5 Å². The van der Waals surface area contributed by atoms with E-state index < -0.39 is 97.5 Å². The van der Waals surface area contributed by atoms with Gasteiger partial charge in [-0.1, -0.05) is 338 Å². The Labute approximate surface area is 588 Å². The van der Waals surface area contributed by atoms with Crippen LogP contribution in [0.15, 0.2) is 0 Å². The van der Waals surface area contributed by atoms with Crippen molar-refractivity contribution < 1.29 is 80.2 Å².